The van der Waals surface area contributed by atoms with Gasteiger partial charge in [-0.1, -0.05) is 43.7 Å². The number of hydrogen-bond donors (Lipinski definition) is 2. The fourth-order valence-corrected chi connectivity index (χ4v) is 4.61. The highest BCUT2D eigenvalue weighted by Crippen LogP contribution is 2.38. The van der Waals surface area contributed by atoms with E-state index in [1.807, 2.05) is 57.2 Å². The fraction of sp³-hybridized carbons (Fsp3) is 0.241. The molecule has 0 spiro atoms. The molecule has 0 fully saturated rings. The summed E-state index contributed by atoms with van der Waals surface area (Å²) >= 11 is 0. The zero-order valence-corrected chi connectivity index (χ0v) is 20.3. The van der Waals surface area contributed by atoms with Crippen molar-refractivity contribution in [2.24, 2.45) is 11.7 Å². The van der Waals surface area contributed by atoms with Gasteiger partial charge in [0.2, 0.25) is 5.91 Å². The molecule has 1 amide bonds. The molecule has 3 N–H and O–H groups in total. The van der Waals surface area contributed by atoms with Gasteiger partial charge in [-0.2, -0.15) is 0 Å². The Morgan fingerprint density at radius 2 is 1.86 bits per heavy atom. The topological polar surface area (TPSA) is 103 Å². The summed E-state index contributed by atoms with van der Waals surface area (Å²) in [5, 5.41) is 10.4. The number of carbonyl (C=O) groups is 1. The highest BCUT2D eigenvalue weighted by Gasteiger charge is 2.30. The Hall–Kier alpha value is -4.06. The van der Waals surface area contributed by atoms with Gasteiger partial charge in [0.25, 0.3) is 0 Å². The number of amides is 1. The van der Waals surface area contributed by atoms with Crippen LogP contribution >= 0.6 is 0 Å². The Balaban J connectivity index is 2.03. The first kappa shape index (κ1) is 24.1. The minimum atomic E-state index is -0.541. The van der Waals surface area contributed by atoms with Crippen LogP contribution in [0.1, 0.15) is 58.1 Å². The van der Waals surface area contributed by atoms with Crippen molar-refractivity contribution < 1.29 is 19.1 Å². The Labute approximate surface area is 204 Å². The number of methoxy groups -OCH3 is 1. The lowest BCUT2D eigenvalue weighted by atomic mass is 9.80. The summed E-state index contributed by atoms with van der Waals surface area (Å²) < 4.78 is 11.8. The number of aryl methyl sites for hydroxylation is 1. The molecule has 4 aromatic rings. The van der Waals surface area contributed by atoms with Gasteiger partial charge in [0.05, 0.1) is 12.5 Å². The minimum Gasteiger partial charge on any atom is -0.508 e. The number of phenols is 1. The molecule has 0 aliphatic carbocycles. The summed E-state index contributed by atoms with van der Waals surface area (Å²) in [5.41, 5.74) is 9.29. The van der Waals surface area contributed by atoms with E-state index in [1.54, 1.807) is 19.2 Å². The minimum absolute atomic E-state index is 0.00150. The molecule has 4 rings (SSSR count). The van der Waals surface area contributed by atoms with E-state index in [2.05, 4.69) is 0 Å². The van der Waals surface area contributed by atoms with Crippen LogP contribution in [0.4, 0.5) is 0 Å². The van der Waals surface area contributed by atoms with Gasteiger partial charge < -0.3 is 20.0 Å². The van der Waals surface area contributed by atoms with Crippen LogP contribution < -0.4 is 15.9 Å². The second kappa shape index (κ2) is 9.66. The van der Waals surface area contributed by atoms with E-state index in [0.29, 0.717) is 45.6 Å². The molecule has 0 saturated heterocycles. The third kappa shape index (κ3) is 4.78. The number of hydrogen-bond acceptors (Lipinski definition) is 5. The van der Waals surface area contributed by atoms with Gasteiger partial charge in [-0.25, -0.2) is 0 Å². The van der Waals surface area contributed by atoms with Crippen molar-refractivity contribution in [2.45, 2.75) is 33.1 Å². The number of benzene rings is 3. The summed E-state index contributed by atoms with van der Waals surface area (Å²) in [5.74, 6) is 0.157. The van der Waals surface area contributed by atoms with Crippen LogP contribution in [0, 0.1) is 12.8 Å². The van der Waals surface area contributed by atoms with Crippen molar-refractivity contribution in [3.8, 4) is 11.5 Å². The van der Waals surface area contributed by atoms with Gasteiger partial charge >= 0.3 is 0 Å². The molecule has 3 aromatic carbocycles. The molecule has 0 radical (unpaired) electrons. The van der Waals surface area contributed by atoms with E-state index < -0.39 is 11.8 Å². The maximum absolute atomic E-state index is 13.8. The second-order valence-corrected chi connectivity index (χ2v) is 9.16. The number of phenolic OH excluding ortho intramolecular Hbond substituents is 1. The van der Waals surface area contributed by atoms with E-state index >= 15 is 0 Å². The Morgan fingerprint density at radius 1 is 1.09 bits per heavy atom. The molecule has 0 aliphatic rings. The average Bonchev–Trinajstić information content (AvgIpc) is 2.81. The quantitative estimate of drug-likeness (QED) is 0.381. The van der Waals surface area contributed by atoms with Gasteiger partial charge in [-0.05, 0) is 54.3 Å². The molecule has 1 unspecified atom stereocenters. The van der Waals surface area contributed by atoms with Gasteiger partial charge in [0.15, 0.2) is 5.43 Å². The van der Waals surface area contributed by atoms with E-state index in [4.69, 9.17) is 14.9 Å². The number of carbonyl (C=O) groups excluding carboxylic acids is 1. The van der Waals surface area contributed by atoms with Crippen molar-refractivity contribution >= 4 is 16.9 Å². The summed E-state index contributed by atoms with van der Waals surface area (Å²) in [7, 11) is 1.60. The van der Waals surface area contributed by atoms with Gasteiger partial charge in [-0.3, -0.25) is 9.59 Å². The van der Waals surface area contributed by atoms with Gasteiger partial charge in [0, 0.05) is 29.5 Å². The number of aromatic hydroxyl groups is 1. The number of primary amides is 1. The fourth-order valence-electron chi connectivity index (χ4n) is 4.61. The number of ether oxygens (including phenoxy) is 1. The van der Waals surface area contributed by atoms with Crippen molar-refractivity contribution in [3.63, 3.8) is 0 Å². The molecule has 1 atom stereocenters. The number of rotatable bonds is 7. The van der Waals surface area contributed by atoms with Crippen molar-refractivity contribution in [3.05, 3.63) is 104 Å². The molecule has 0 saturated carbocycles. The predicted octanol–water partition coefficient (Wildman–Crippen LogP) is 5.29. The maximum atomic E-state index is 13.8. The molecule has 180 valence electrons. The van der Waals surface area contributed by atoms with Gasteiger partial charge in [0.1, 0.15) is 22.8 Å². The van der Waals surface area contributed by atoms with E-state index in [0.717, 1.165) is 11.1 Å². The largest absolute Gasteiger partial charge is 0.508 e. The van der Waals surface area contributed by atoms with Crippen LogP contribution in [0.25, 0.3) is 11.0 Å². The lowest BCUT2D eigenvalue weighted by Crippen LogP contribution is -2.22. The summed E-state index contributed by atoms with van der Waals surface area (Å²) in [6, 6.07) is 17.5. The smallest absolute Gasteiger partial charge is 0.249 e. The second-order valence-electron chi connectivity index (χ2n) is 9.16. The van der Waals surface area contributed by atoms with Crippen LogP contribution in [-0.2, 0) is 6.42 Å². The molecule has 35 heavy (non-hydrogen) atoms. The van der Waals surface area contributed by atoms with Gasteiger partial charge in [-0.15, -0.1) is 0 Å². The number of fused-ring (bicyclic) bond motifs is 1. The van der Waals surface area contributed by atoms with E-state index in [-0.39, 0.29) is 17.1 Å². The summed E-state index contributed by atoms with van der Waals surface area (Å²) in [6.45, 7) is 5.97. The maximum Gasteiger partial charge on any atom is 0.249 e. The Kier molecular flexibility index (Phi) is 6.65. The molecule has 1 aromatic heterocycles. The Bertz CT molecular complexity index is 1470. The SMILES string of the molecule is COc1cccc(Cc2c(C(c3cc(C)ccc3C(N)=O)C(C)C)oc3cc(O)ccc3c2=O)c1. The average molecular weight is 472 g/mol. The van der Waals surface area contributed by atoms with Crippen LogP contribution in [-0.4, -0.2) is 18.1 Å². The first-order chi connectivity index (χ1) is 16.7. The zero-order valence-electron chi connectivity index (χ0n) is 20.3. The van der Waals surface area contributed by atoms with Crippen LogP contribution in [0.15, 0.2) is 69.9 Å². The van der Waals surface area contributed by atoms with Crippen LogP contribution in [0.3, 0.4) is 0 Å². The predicted molar refractivity (Wildman–Crippen MR) is 136 cm³/mol. The zero-order chi connectivity index (χ0) is 25.3. The van der Waals surface area contributed by atoms with E-state index in [9.17, 15) is 14.7 Å². The number of nitrogens with two attached hydrogens (primary N) is 1. The third-order valence-corrected chi connectivity index (χ3v) is 6.27. The van der Waals surface area contributed by atoms with Crippen LogP contribution in [0.5, 0.6) is 11.5 Å². The molecular formula is C29H29NO5. The van der Waals surface area contributed by atoms with Crippen LogP contribution in [0.2, 0.25) is 0 Å². The molecule has 6 heteroatoms. The highest BCUT2D eigenvalue weighted by atomic mass is 16.5. The standard InChI is InChI=1S/C29H29NO5/c1-16(2)26(23-12-17(3)8-10-21(23)29(30)33)28-24(14-18-6-5-7-20(13-18)34-4)27(32)22-11-9-19(31)15-25(22)35-28/h5-13,15-16,26,31H,14H2,1-4H3,(H2,30,33). The van der Waals surface area contributed by atoms with Crippen molar-refractivity contribution in [1.29, 1.82) is 0 Å². The molecule has 6 nitrogen and oxygen atoms in total. The normalized spacial score (nSPS) is 12.1. The first-order valence-corrected chi connectivity index (χ1v) is 11.5. The lowest BCUT2D eigenvalue weighted by Gasteiger charge is -2.25. The lowest BCUT2D eigenvalue weighted by molar-refractivity contribution is 0.0999. The monoisotopic (exact) mass is 471 g/mol. The highest BCUT2D eigenvalue weighted by molar-refractivity contribution is 5.94. The molecular weight excluding hydrogens is 442 g/mol. The Morgan fingerprint density at radius 3 is 2.54 bits per heavy atom. The van der Waals surface area contributed by atoms with Crippen molar-refractivity contribution in [1.82, 2.24) is 0 Å². The molecule has 0 aliphatic heterocycles. The summed E-state index contributed by atoms with van der Waals surface area (Å²) in [6.07, 6.45) is 0.312. The molecule has 0 bridgehead atoms. The third-order valence-electron chi connectivity index (χ3n) is 6.27. The molecule has 1 heterocycles. The van der Waals surface area contributed by atoms with Crippen molar-refractivity contribution in [2.75, 3.05) is 7.11 Å². The summed E-state index contributed by atoms with van der Waals surface area (Å²) in [4.78, 5) is 26.1. The first-order valence-electron chi connectivity index (χ1n) is 11.5. The van der Waals surface area contributed by atoms with E-state index in [1.165, 1.54) is 12.1 Å².